The summed E-state index contributed by atoms with van der Waals surface area (Å²) in [6, 6.07) is 15.0. The third-order valence-electron chi connectivity index (χ3n) is 2.27. The molecule has 0 fully saturated rings. The first-order chi connectivity index (χ1) is 7.74. The Labute approximate surface area is 95.4 Å². The summed E-state index contributed by atoms with van der Waals surface area (Å²) in [6.07, 6.45) is 0. The summed E-state index contributed by atoms with van der Waals surface area (Å²) in [6.45, 7) is 2.05. The number of phenolic OH excluding ortho intramolecular Hbond substituents is 1. The summed E-state index contributed by atoms with van der Waals surface area (Å²) >= 11 is 0. The Kier molecular flexibility index (Phi) is 2.93. The fourth-order valence-corrected chi connectivity index (χ4v) is 1.33. The lowest BCUT2D eigenvalue weighted by Crippen LogP contribution is -1.76. The Balaban J connectivity index is 2.21. The highest BCUT2D eigenvalue weighted by Gasteiger charge is 1.88. The van der Waals surface area contributed by atoms with Gasteiger partial charge in [-0.2, -0.15) is 0 Å². The van der Waals surface area contributed by atoms with E-state index in [0.717, 1.165) is 11.1 Å². The van der Waals surface area contributed by atoms with Crippen LogP contribution in [0.5, 0.6) is 5.75 Å². The highest BCUT2D eigenvalue weighted by Crippen LogP contribution is 2.08. The van der Waals surface area contributed by atoms with Gasteiger partial charge in [0.2, 0.25) is 0 Å². The molecule has 2 aromatic rings. The Bertz CT molecular complexity index is 475. The topological polar surface area (TPSA) is 20.2 Å². The molecule has 0 heterocycles. The zero-order valence-corrected chi connectivity index (χ0v) is 9.07. The second-order valence-electron chi connectivity index (χ2n) is 3.66. The van der Waals surface area contributed by atoms with Crippen LogP contribution in [-0.2, 0) is 0 Å². The molecule has 2 aromatic carbocycles. The van der Waals surface area contributed by atoms with Crippen molar-refractivity contribution in [1.29, 1.82) is 0 Å². The third-order valence-corrected chi connectivity index (χ3v) is 2.27. The maximum absolute atomic E-state index is 9.12. The number of rotatable bonds is 0. The van der Waals surface area contributed by atoms with E-state index in [9.17, 15) is 0 Å². The van der Waals surface area contributed by atoms with Gasteiger partial charge in [0.25, 0.3) is 0 Å². The molecular formula is C15H12O. The molecule has 1 N–H and O–H groups in total. The minimum absolute atomic E-state index is 0.265. The van der Waals surface area contributed by atoms with Crippen molar-refractivity contribution in [2.45, 2.75) is 6.92 Å². The van der Waals surface area contributed by atoms with Gasteiger partial charge in [0.15, 0.2) is 0 Å². The summed E-state index contributed by atoms with van der Waals surface area (Å²) in [4.78, 5) is 0. The maximum atomic E-state index is 9.12. The minimum atomic E-state index is 0.265. The number of benzene rings is 2. The average Bonchev–Trinajstić information content (AvgIpc) is 2.30. The van der Waals surface area contributed by atoms with Crippen molar-refractivity contribution < 1.29 is 5.11 Å². The number of phenols is 1. The lowest BCUT2D eigenvalue weighted by atomic mass is 10.1. The number of hydrogen-bond donors (Lipinski definition) is 1. The van der Waals surface area contributed by atoms with Crippen molar-refractivity contribution in [3.8, 4) is 17.6 Å². The molecule has 0 unspecified atom stereocenters. The van der Waals surface area contributed by atoms with Crippen LogP contribution >= 0.6 is 0 Å². The summed E-state index contributed by atoms with van der Waals surface area (Å²) < 4.78 is 0. The predicted octanol–water partition coefficient (Wildman–Crippen LogP) is 3.10. The first-order valence-corrected chi connectivity index (χ1v) is 5.12. The molecule has 0 aliphatic heterocycles. The molecule has 0 bridgehead atoms. The van der Waals surface area contributed by atoms with Crippen molar-refractivity contribution in [2.75, 3.05) is 0 Å². The summed E-state index contributed by atoms with van der Waals surface area (Å²) in [5, 5.41) is 9.12. The van der Waals surface area contributed by atoms with E-state index < -0.39 is 0 Å². The monoisotopic (exact) mass is 208 g/mol. The zero-order valence-electron chi connectivity index (χ0n) is 9.07. The SMILES string of the molecule is Cc1ccc(C#Cc2ccc(O)cc2)cc1. The molecule has 0 aliphatic rings. The highest BCUT2D eigenvalue weighted by molar-refractivity contribution is 5.44. The second-order valence-corrected chi connectivity index (χ2v) is 3.66. The number of aromatic hydroxyl groups is 1. The van der Waals surface area contributed by atoms with Gasteiger partial charge in [-0.05, 0) is 43.3 Å². The van der Waals surface area contributed by atoms with Crippen LogP contribution in [0.15, 0.2) is 48.5 Å². The van der Waals surface area contributed by atoms with Crippen molar-refractivity contribution >= 4 is 0 Å². The summed E-state index contributed by atoms with van der Waals surface area (Å²) in [5.41, 5.74) is 3.13. The van der Waals surface area contributed by atoms with E-state index >= 15 is 0 Å². The molecule has 2 rings (SSSR count). The van der Waals surface area contributed by atoms with Crippen LogP contribution in [0, 0.1) is 18.8 Å². The van der Waals surface area contributed by atoms with E-state index in [0.29, 0.717) is 0 Å². The molecule has 0 aliphatic carbocycles. The molecule has 0 aromatic heterocycles. The fourth-order valence-electron chi connectivity index (χ4n) is 1.33. The third kappa shape index (κ3) is 2.65. The molecule has 1 nitrogen and oxygen atoms in total. The molecule has 78 valence electrons. The lowest BCUT2D eigenvalue weighted by molar-refractivity contribution is 0.475. The van der Waals surface area contributed by atoms with Gasteiger partial charge in [-0.3, -0.25) is 0 Å². The molecule has 0 amide bonds. The standard InChI is InChI=1S/C15H12O/c1-12-2-4-13(5-3-12)6-7-14-8-10-15(16)11-9-14/h2-5,8-11,16H,1H3. The molecule has 0 radical (unpaired) electrons. The normalized spacial score (nSPS) is 9.31. The largest absolute Gasteiger partial charge is 0.508 e. The molecule has 0 atom stereocenters. The van der Waals surface area contributed by atoms with Gasteiger partial charge in [-0.1, -0.05) is 29.5 Å². The van der Waals surface area contributed by atoms with Crippen LogP contribution in [0.25, 0.3) is 0 Å². The van der Waals surface area contributed by atoms with Gasteiger partial charge in [-0.25, -0.2) is 0 Å². The Morgan fingerprint density at radius 3 is 1.69 bits per heavy atom. The Morgan fingerprint density at radius 2 is 1.19 bits per heavy atom. The van der Waals surface area contributed by atoms with Gasteiger partial charge in [0, 0.05) is 11.1 Å². The first kappa shape index (κ1) is 10.3. The quantitative estimate of drug-likeness (QED) is 0.659. The van der Waals surface area contributed by atoms with Crippen molar-refractivity contribution in [3.05, 3.63) is 65.2 Å². The average molecular weight is 208 g/mol. The van der Waals surface area contributed by atoms with E-state index in [-0.39, 0.29) is 5.75 Å². The highest BCUT2D eigenvalue weighted by atomic mass is 16.3. The van der Waals surface area contributed by atoms with Gasteiger partial charge in [0.05, 0.1) is 0 Å². The summed E-state index contributed by atoms with van der Waals surface area (Å²) in [7, 11) is 0. The van der Waals surface area contributed by atoms with Crippen LogP contribution in [-0.4, -0.2) is 5.11 Å². The number of aryl methyl sites for hydroxylation is 1. The zero-order chi connectivity index (χ0) is 11.4. The van der Waals surface area contributed by atoms with E-state index in [4.69, 9.17) is 5.11 Å². The Morgan fingerprint density at radius 1 is 0.750 bits per heavy atom. The number of hydrogen-bond acceptors (Lipinski definition) is 1. The summed E-state index contributed by atoms with van der Waals surface area (Å²) in [5.74, 6) is 6.39. The molecule has 0 spiro atoms. The first-order valence-electron chi connectivity index (χ1n) is 5.12. The van der Waals surface area contributed by atoms with Gasteiger partial charge in [0.1, 0.15) is 5.75 Å². The van der Waals surface area contributed by atoms with Crippen LogP contribution < -0.4 is 0 Å². The van der Waals surface area contributed by atoms with E-state index in [1.54, 1.807) is 24.3 Å². The molecule has 0 saturated heterocycles. The minimum Gasteiger partial charge on any atom is -0.508 e. The Hall–Kier alpha value is -2.20. The van der Waals surface area contributed by atoms with E-state index in [2.05, 4.69) is 18.8 Å². The van der Waals surface area contributed by atoms with Crippen LogP contribution in [0.3, 0.4) is 0 Å². The van der Waals surface area contributed by atoms with Crippen LogP contribution in [0.4, 0.5) is 0 Å². The van der Waals surface area contributed by atoms with Gasteiger partial charge < -0.3 is 5.11 Å². The van der Waals surface area contributed by atoms with E-state index in [1.165, 1.54) is 5.56 Å². The van der Waals surface area contributed by atoms with Gasteiger partial charge in [-0.15, -0.1) is 0 Å². The maximum Gasteiger partial charge on any atom is 0.115 e. The fraction of sp³-hybridized carbons (Fsp3) is 0.0667. The second kappa shape index (κ2) is 4.55. The van der Waals surface area contributed by atoms with Crippen molar-refractivity contribution in [2.24, 2.45) is 0 Å². The van der Waals surface area contributed by atoms with Crippen LogP contribution in [0.1, 0.15) is 16.7 Å². The lowest BCUT2D eigenvalue weighted by Gasteiger charge is -1.93. The van der Waals surface area contributed by atoms with Crippen molar-refractivity contribution in [3.63, 3.8) is 0 Å². The molecule has 16 heavy (non-hydrogen) atoms. The van der Waals surface area contributed by atoms with Crippen molar-refractivity contribution in [1.82, 2.24) is 0 Å². The molecule has 0 saturated carbocycles. The van der Waals surface area contributed by atoms with Crippen LogP contribution in [0.2, 0.25) is 0 Å². The predicted molar refractivity (Wildman–Crippen MR) is 65.3 cm³/mol. The van der Waals surface area contributed by atoms with E-state index in [1.807, 2.05) is 24.3 Å². The van der Waals surface area contributed by atoms with Gasteiger partial charge >= 0.3 is 0 Å². The smallest absolute Gasteiger partial charge is 0.115 e. The molecule has 1 heteroatoms. The molecular weight excluding hydrogens is 196 g/mol.